The van der Waals surface area contributed by atoms with Crippen molar-refractivity contribution in [2.24, 2.45) is 21.7 Å². The Morgan fingerprint density at radius 2 is 1.80 bits per heavy atom. The van der Waals surface area contributed by atoms with Crippen LogP contribution in [0.2, 0.25) is 0 Å². The summed E-state index contributed by atoms with van der Waals surface area (Å²) in [6, 6.07) is 7.60. The molecule has 0 unspecified atom stereocenters. The number of rotatable bonds is 3. The topological polar surface area (TPSA) is 116 Å². The Labute approximate surface area is 121 Å². The van der Waals surface area contributed by atoms with Gasteiger partial charge in [-0.05, 0) is 38.1 Å². The summed E-state index contributed by atoms with van der Waals surface area (Å²) in [6.07, 6.45) is 0. The van der Waals surface area contributed by atoms with Gasteiger partial charge in [0.05, 0.1) is 16.3 Å². The maximum absolute atomic E-state index is 5.68. The molecule has 0 saturated carbocycles. The van der Waals surface area contributed by atoms with Crippen LogP contribution in [-0.4, -0.2) is 16.7 Å². The number of aryl methyl sites for hydroxylation is 1. The number of nitrogen functional groups attached to an aromatic ring is 1. The summed E-state index contributed by atoms with van der Waals surface area (Å²) in [5, 5.41) is 8.55. The Balaban J connectivity index is 2.37. The van der Waals surface area contributed by atoms with Gasteiger partial charge in [-0.25, -0.2) is 4.98 Å². The molecule has 0 aliphatic carbocycles. The molecule has 2 aromatic rings. The van der Waals surface area contributed by atoms with Gasteiger partial charge < -0.3 is 17.2 Å². The summed E-state index contributed by atoms with van der Waals surface area (Å²) < 4.78 is 0. The van der Waals surface area contributed by atoms with Crippen LogP contribution in [0.25, 0.3) is 10.6 Å². The van der Waals surface area contributed by atoms with Gasteiger partial charge in [-0.15, -0.1) is 16.4 Å². The molecule has 1 aromatic heterocycles. The quantitative estimate of drug-likeness (QED) is 0.345. The van der Waals surface area contributed by atoms with E-state index in [-0.39, 0.29) is 5.96 Å². The van der Waals surface area contributed by atoms with Crippen LogP contribution in [0, 0.1) is 6.92 Å². The highest BCUT2D eigenvalue weighted by atomic mass is 32.1. The van der Waals surface area contributed by atoms with Crippen LogP contribution >= 0.6 is 11.3 Å². The van der Waals surface area contributed by atoms with Crippen LogP contribution in [-0.2, 0) is 0 Å². The van der Waals surface area contributed by atoms with Crippen LogP contribution < -0.4 is 17.2 Å². The summed E-state index contributed by atoms with van der Waals surface area (Å²) in [6.45, 7) is 3.78. The van der Waals surface area contributed by atoms with Gasteiger partial charge in [0.2, 0.25) is 5.96 Å². The Morgan fingerprint density at radius 3 is 2.40 bits per heavy atom. The van der Waals surface area contributed by atoms with E-state index >= 15 is 0 Å². The van der Waals surface area contributed by atoms with E-state index < -0.39 is 0 Å². The van der Waals surface area contributed by atoms with Gasteiger partial charge in [0, 0.05) is 11.3 Å². The first-order valence-corrected chi connectivity index (χ1v) is 6.76. The van der Waals surface area contributed by atoms with Gasteiger partial charge in [0.15, 0.2) is 0 Å². The fraction of sp³-hybridized carbons (Fsp3) is 0.154. The summed E-state index contributed by atoms with van der Waals surface area (Å²) in [5.41, 5.74) is 19.6. The molecular weight excluding hydrogens is 272 g/mol. The van der Waals surface area contributed by atoms with Crippen molar-refractivity contribution >= 4 is 28.7 Å². The molecular formula is C13H16N6S. The average molecular weight is 288 g/mol. The molecule has 2 rings (SSSR count). The largest absolute Gasteiger partial charge is 0.399 e. The number of nitrogens with zero attached hydrogens (tertiary/aromatic N) is 3. The van der Waals surface area contributed by atoms with E-state index in [2.05, 4.69) is 15.2 Å². The molecule has 0 spiro atoms. The van der Waals surface area contributed by atoms with E-state index in [4.69, 9.17) is 17.2 Å². The normalized spacial score (nSPS) is 11.4. The van der Waals surface area contributed by atoms with Crippen LogP contribution in [0.1, 0.15) is 17.5 Å². The Kier molecular flexibility index (Phi) is 3.99. The smallest absolute Gasteiger partial charge is 0.211 e. The van der Waals surface area contributed by atoms with Crippen molar-refractivity contribution in [1.29, 1.82) is 0 Å². The highest BCUT2D eigenvalue weighted by Crippen LogP contribution is 2.28. The first-order chi connectivity index (χ1) is 9.47. The van der Waals surface area contributed by atoms with Gasteiger partial charge in [0.25, 0.3) is 0 Å². The van der Waals surface area contributed by atoms with E-state index in [0.29, 0.717) is 0 Å². The van der Waals surface area contributed by atoms with Crippen molar-refractivity contribution in [1.82, 2.24) is 4.98 Å². The van der Waals surface area contributed by atoms with Gasteiger partial charge >= 0.3 is 0 Å². The van der Waals surface area contributed by atoms with E-state index in [1.165, 1.54) is 0 Å². The second-order valence-electron chi connectivity index (χ2n) is 4.27. The summed E-state index contributed by atoms with van der Waals surface area (Å²) >= 11 is 1.54. The third-order valence-corrected chi connectivity index (χ3v) is 3.91. The number of hydrogen-bond acceptors (Lipinski definition) is 5. The van der Waals surface area contributed by atoms with Crippen molar-refractivity contribution in [3.05, 3.63) is 34.8 Å². The number of aromatic nitrogens is 1. The molecule has 0 bridgehead atoms. The van der Waals surface area contributed by atoms with Crippen molar-refractivity contribution < 1.29 is 0 Å². The van der Waals surface area contributed by atoms with Crippen molar-refractivity contribution in [3.63, 3.8) is 0 Å². The zero-order chi connectivity index (χ0) is 14.7. The third-order valence-electron chi connectivity index (χ3n) is 2.60. The Hall–Kier alpha value is -2.41. The first-order valence-electron chi connectivity index (χ1n) is 5.94. The highest BCUT2D eigenvalue weighted by Gasteiger charge is 2.11. The van der Waals surface area contributed by atoms with Gasteiger partial charge in [-0.2, -0.15) is 5.10 Å². The summed E-state index contributed by atoms with van der Waals surface area (Å²) in [4.78, 5) is 5.50. The zero-order valence-electron chi connectivity index (χ0n) is 11.3. The van der Waals surface area contributed by atoms with E-state index in [1.807, 2.05) is 38.1 Å². The summed E-state index contributed by atoms with van der Waals surface area (Å²) in [5.74, 6) is -0.0646. The van der Waals surface area contributed by atoms with Gasteiger partial charge in [0.1, 0.15) is 5.01 Å². The lowest BCUT2D eigenvalue weighted by Gasteiger charge is -1.96. The summed E-state index contributed by atoms with van der Waals surface area (Å²) in [7, 11) is 0. The predicted molar refractivity (Wildman–Crippen MR) is 84.7 cm³/mol. The number of nitrogens with two attached hydrogens (primary N) is 3. The van der Waals surface area contributed by atoms with Gasteiger partial charge in [-0.3, -0.25) is 0 Å². The molecule has 7 heteroatoms. The number of guanidine groups is 1. The van der Waals surface area contributed by atoms with E-state index in [9.17, 15) is 0 Å². The molecule has 0 aliphatic heterocycles. The molecule has 0 radical (unpaired) electrons. The van der Waals surface area contributed by atoms with Gasteiger partial charge in [-0.1, -0.05) is 0 Å². The molecule has 0 saturated heterocycles. The fourth-order valence-electron chi connectivity index (χ4n) is 1.66. The predicted octanol–water partition coefficient (Wildman–Crippen LogP) is 1.70. The first kappa shape index (κ1) is 14.0. The van der Waals surface area contributed by atoms with Crippen molar-refractivity contribution in [2.75, 3.05) is 5.73 Å². The highest BCUT2D eigenvalue weighted by molar-refractivity contribution is 7.17. The molecule has 6 nitrogen and oxygen atoms in total. The second kappa shape index (κ2) is 5.70. The molecule has 0 aliphatic rings. The minimum Gasteiger partial charge on any atom is -0.399 e. The van der Waals surface area contributed by atoms with Crippen LogP contribution in [0.3, 0.4) is 0 Å². The Bertz CT molecular complexity index is 665. The van der Waals surface area contributed by atoms with Crippen LogP contribution in [0.5, 0.6) is 0 Å². The number of thiazole rings is 1. The standard InChI is InChI=1S/C13H16N6S/c1-7-11(8(2)18-19-13(15)16)20-12(17-7)9-3-5-10(14)6-4-9/h3-6H,14H2,1-2H3,(H4,15,16,19). The molecule has 6 N–H and O–H groups in total. The van der Waals surface area contributed by atoms with Crippen molar-refractivity contribution in [2.45, 2.75) is 13.8 Å². The van der Waals surface area contributed by atoms with Crippen LogP contribution in [0.15, 0.2) is 34.5 Å². The fourth-order valence-corrected chi connectivity index (χ4v) is 2.67. The number of anilines is 1. The zero-order valence-corrected chi connectivity index (χ0v) is 12.1. The van der Waals surface area contributed by atoms with E-state index in [0.717, 1.165) is 32.5 Å². The SMILES string of the molecule is CC(=NN=C(N)N)c1sc(-c2ccc(N)cc2)nc1C. The average Bonchev–Trinajstić information content (AvgIpc) is 2.79. The monoisotopic (exact) mass is 288 g/mol. The molecule has 1 heterocycles. The minimum absolute atomic E-state index is 0.0646. The second-order valence-corrected chi connectivity index (χ2v) is 5.26. The third kappa shape index (κ3) is 3.12. The lowest BCUT2D eigenvalue weighted by molar-refractivity contribution is 1.19. The minimum atomic E-state index is -0.0646. The molecule has 0 amide bonds. The molecule has 104 valence electrons. The van der Waals surface area contributed by atoms with E-state index in [1.54, 1.807) is 11.3 Å². The van der Waals surface area contributed by atoms with Crippen LogP contribution in [0.4, 0.5) is 5.69 Å². The molecule has 0 atom stereocenters. The molecule has 20 heavy (non-hydrogen) atoms. The molecule has 0 fully saturated rings. The maximum atomic E-state index is 5.68. The Morgan fingerprint density at radius 1 is 1.15 bits per heavy atom. The lowest BCUT2D eigenvalue weighted by atomic mass is 10.2. The number of benzene rings is 1. The van der Waals surface area contributed by atoms with Crippen molar-refractivity contribution in [3.8, 4) is 10.6 Å². The molecule has 1 aromatic carbocycles. The lowest BCUT2D eigenvalue weighted by Crippen LogP contribution is -2.22. The number of hydrogen-bond donors (Lipinski definition) is 3. The maximum Gasteiger partial charge on any atom is 0.211 e.